The molecule has 2 rings (SSSR count). The van der Waals surface area contributed by atoms with Gasteiger partial charge in [-0.2, -0.15) is 5.26 Å². The van der Waals surface area contributed by atoms with Crippen LogP contribution in [-0.2, 0) is 4.79 Å². The van der Waals surface area contributed by atoms with Crippen LogP contribution in [0.25, 0.3) is 6.08 Å². The minimum absolute atomic E-state index is 0.157. The van der Waals surface area contributed by atoms with E-state index in [0.717, 1.165) is 3.57 Å². The second-order valence-electron chi connectivity index (χ2n) is 5.40. The van der Waals surface area contributed by atoms with Crippen molar-refractivity contribution in [3.05, 3.63) is 61.2 Å². The molecule has 0 spiro atoms. The van der Waals surface area contributed by atoms with Crippen LogP contribution in [0.2, 0.25) is 0 Å². The predicted molar refractivity (Wildman–Crippen MR) is 112 cm³/mol. The molecule has 9 heteroatoms. The van der Waals surface area contributed by atoms with Crippen molar-refractivity contribution in [2.24, 2.45) is 0 Å². The highest BCUT2D eigenvalue weighted by Crippen LogP contribution is 2.34. The third-order valence-corrected chi connectivity index (χ3v) is 4.33. The minimum atomic E-state index is -0.674. The zero-order valence-corrected chi connectivity index (χ0v) is 17.2. The lowest BCUT2D eigenvalue weighted by Crippen LogP contribution is -2.13. The van der Waals surface area contributed by atoms with Gasteiger partial charge in [-0.15, -0.1) is 0 Å². The van der Waals surface area contributed by atoms with Crippen molar-refractivity contribution >= 4 is 45.9 Å². The number of benzene rings is 2. The first-order valence-corrected chi connectivity index (χ1v) is 9.15. The summed E-state index contributed by atoms with van der Waals surface area (Å²) in [6.07, 6.45) is 1.41. The molecule has 1 N–H and O–H groups in total. The van der Waals surface area contributed by atoms with Crippen molar-refractivity contribution in [1.29, 1.82) is 5.26 Å². The smallest absolute Gasteiger partial charge is 0.271 e. The topological polar surface area (TPSA) is 114 Å². The van der Waals surface area contributed by atoms with Crippen LogP contribution in [0.15, 0.2) is 42.0 Å². The summed E-state index contributed by atoms with van der Waals surface area (Å²) in [5.41, 5.74) is 0.486. The first-order chi connectivity index (χ1) is 13.4. The largest absolute Gasteiger partial charge is 0.492 e. The Morgan fingerprint density at radius 3 is 2.75 bits per heavy atom. The molecule has 0 heterocycles. The number of nitro benzene ring substituents is 1. The Bertz CT molecular complexity index is 982. The summed E-state index contributed by atoms with van der Waals surface area (Å²) >= 11 is 2.07. The van der Waals surface area contributed by atoms with Gasteiger partial charge in [0.2, 0.25) is 0 Å². The maximum absolute atomic E-state index is 12.4. The van der Waals surface area contributed by atoms with Gasteiger partial charge in [0.25, 0.3) is 11.6 Å². The number of non-ortho nitro benzene ring substituents is 1. The van der Waals surface area contributed by atoms with Gasteiger partial charge in [-0.3, -0.25) is 14.9 Å². The predicted octanol–water partition coefficient (Wildman–Crippen LogP) is 4.15. The Morgan fingerprint density at radius 2 is 2.14 bits per heavy atom. The molecule has 0 fully saturated rings. The number of halogens is 1. The molecule has 8 nitrogen and oxygen atoms in total. The van der Waals surface area contributed by atoms with Crippen molar-refractivity contribution in [1.82, 2.24) is 0 Å². The van der Waals surface area contributed by atoms with Crippen molar-refractivity contribution in [2.75, 3.05) is 19.0 Å². The van der Waals surface area contributed by atoms with Crippen molar-refractivity contribution in [3.63, 3.8) is 0 Å². The van der Waals surface area contributed by atoms with E-state index >= 15 is 0 Å². The van der Waals surface area contributed by atoms with E-state index in [-0.39, 0.29) is 16.9 Å². The number of nitro groups is 1. The molecule has 144 valence electrons. The summed E-state index contributed by atoms with van der Waals surface area (Å²) in [4.78, 5) is 22.7. The lowest BCUT2D eigenvalue weighted by atomic mass is 10.1. The molecular formula is C19H16IN3O5. The van der Waals surface area contributed by atoms with Gasteiger partial charge in [0.1, 0.15) is 11.6 Å². The number of methoxy groups -OCH3 is 1. The number of nitrogens with zero attached hydrogens (tertiary/aromatic N) is 2. The van der Waals surface area contributed by atoms with Crippen LogP contribution in [0.3, 0.4) is 0 Å². The second kappa shape index (κ2) is 9.70. The first-order valence-electron chi connectivity index (χ1n) is 8.07. The molecule has 0 bridgehead atoms. The second-order valence-corrected chi connectivity index (χ2v) is 6.56. The molecule has 0 saturated heterocycles. The average molecular weight is 493 g/mol. The van der Waals surface area contributed by atoms with Crippen molar-refractivity contribution in [2.45, 2.75) is 6.92 Å². The number of nitriles is 1. The fraction of sp³-hybridized carbons (Fsp3) is 0.158. The van der Waals surface area contributed by atoms with Gasteiger partial charge in [0, 0.05) is 17.8 Å². The summed E-state index contributed by atoms with van der Waals surface area (Å²) in [6.45, 7) is 2.26. The van der Waals surface area contributed by atoms with Gasteiger partial charge < -0.3 is 14.8 Å². The third kappa shape index (κ3) is 5.20. The molecule has 0 aliphatic rings. The number of hydrogen-bond donors (Lipinski definition) is 1. The van der Waals surface area contributed by atoms with Gasteiger partial charge >= 0.3 is 0 Å². The number of nitrogens with one attached hydrogen (secondary N) is 1. The lowest BCUT2D eigenvalue weighted by Gasteiger charge is -2.12. The molecule has 0 atom stereocenters. The van der Waals surface area contributed by atoms with Crippen LogP contribution in [0.4, 0.5) is 11.4 Å². The third-order valence-electron chi connectivity index (χ3n) is 3.53. The average Bonchev–Trinajstić information content (AvgIpc) is 2.66. The zero-order valence-electron chi connectivity index (χ0n) is 15.1. The van der Waals surface area contributed by atoms with E-state index in [1.807, 2.05) is 13.0 Å². The molecule has 0 unspecified atom stereocenters. The van der Waals surface area contributed by atoms with E-state index in [1.54, 1.807) is 12.1 Å². The minimum Gasteiger partial charge on any atom is -0.492 e. The summed E-state index contributed by atoms with van der Waals surface area (Å²) < 4.78 is 11.6. The fourth-order valence-corrected chi connectivity index (χ4v) is 3.19. The SMILES string of the molecule is CCOc1cc(C=C(C#N)C(=O)Nc2cccc([N+](=O)[O-])c2)cc(I)c1OC. The number of hydrogen-bond acceptors (Lipinski definition) is 6. The highest BCUT2D eigenvalue weighted by molar-refractivity contribution is 14.1. The Morgan fingerprint density at radius 1 is 1.39 bits per heavy atom. The molecule has 0 aromatic heterocycles. The van der Waals surface area contributed by atoms with E-state index in [4.69, 9.17) is 9.47 Å². The van der Waals surface area contributed by atoms with Crippen LogP contribution >= 0.6 is 22.6 Å². The Hall–Kier alpha value is -3.13. The van der Waals surface area contributed by atoms with Crippen molar-refractivity contribution < 1.29 is 19.2 Å². The number of ether oxygens (including phenoxy) is 2. The first kappa shape index (κ1) is 21.2. The van der Waals surface area contributed by atoms with Gasteiger partial charge in [-0.25, -0.2) is 0 Å². The number of anilines is 1. The molecule has 0 aliphatic heterocycles. The van der Waals surface area contributed by atoms with Crippen LogP contribution in [0.5, 0.6) is 11.5 Å². The molecule has 1 amide bonds. The molecule has 28 heavy (non-hydrogen) atoms. The molecule has 2 aromatic rings. The highest BCUT2D eigenvalue weighted by Gasteiger charge is 2.14. The Balaban J connectivity index is 2.33. The molecule has 0 aliphatic carbocycles. The summed E-state index contributed by atoms with van der Waals surface area (Å²) in [5, 5.41) is 22.7. The summed E-state index contributed by atoms with van der Waals surface area (Å²) in [5.74, 6) is 0.394. The Labute approximate surface area is 175 Å². The molecule has 2 aromatic carbocycles. The number of carbonyl (C=O) groups excluding carboxylic acids is 1. The van der Waals surface area contributed by atoms with Crippen LogP contribution in [-0.4, -0.2) is 24.5 Å². The number of amides is 1. The highest BCUT2D eigenvalue weighted by atomic mass is 127. The Kier molecular flexibility index (Phi) is 7.34. The van der Waals surface area contributed by atoms with Crippen LogP contribution in [0, 0.1) is 25.0 Å². The lowest BCUT2D eigenvalue weighted by molar-refractivity contribution is -0.384. The van der Waals surface area contributed by atoms with E-state index in [1.165, 1.54) is 37.5 Å². The maximum Gasteiger partial charge on any atom is 0.271 e. The van der Waals surface area contributed by atoms with E-state index in [2.05, 4.69) is 27.9 Å². The zero-order chi connectivity index (χ0) is 20.7. The van der Waals surface area contributed by atoms with E-state index in [9.17, 15) is 20.2 Å². The van der Waals surface area contributed by atoms with Crippen molar-refractivity contribution in [3.8, 4) is 17.6 Å². The van der Waals surface area contributed by atoms with Gasteiger partial charge in [-0.05, 0) is 59.4 Å². The molecular weight excluding hydrogens is 477 g/mol. The number of carbonyl (C=O) groups is 1. The van der Waals surface area contributed by atoms with Gasteiger partial charge in [0.15, 0.2) is 11.5 Å². The van der Waals surface area contributed by atoms with E-state index in [0.29, 0.717) is 23.7 Å². The van der Waals surface area contributed by atoms with Crippen LogP contribution in [0.1, 0.15) is 12.5 Å². The van der Waals surface area contributed by atoms with Gasteiger partial charge in [0.05, 0.1) is 22.2 Å². The van der Waals surface area contributed by atoms with E-state index < -0.39 is 10.8 Å². The van der Waals surface area contributed by atoms with Crippen LogP contribution < -0.4 is 14.8 Å². The summed E-state index contributed by atoms with van der Waals surface area (Å²) in [7, 11) is 1.53. The summed E-state index contributed by atoms with van der Waals surface area (Å²) in [6, 6.07) is 10.7. The van der Waals surface area contributed by atoms with Gasteiger partial charge in [-0.1, -0.05) is 6.07 Å². The maximum atomic E-state index is 12.4. The standard InChI is InChI=1S/C19H16IN3O5/c1-3-28-17-9-12(8-16(20)18(17)27-2)7-13(11-21)19(24)22-14-5-4-6-15(10-14)23(25)26/h4-10H,3H2,1-2H3,(H,22,24). The monoisotopic (exact) mass is 493 g/mol. The molecule has 0 radical (unpaired) electrons. The fourth-order valence-electron chi connectivity index (χ4n) is 2.34. The normalized spacial score (nSPS) is 10.7. The quantitative estimate of drug-likeness (QED) is 0.204. The number of rotatable bonds is 7. The molecule has 0 saturated carbocycles.